The van der Waals surface area contributed by atoms with E-state index in [0.29, 0.717) is 59.4 Å². The molecule has 1 saturated heterocycles. The van der Waals surface area contributed by atoms with Crippen LogP contribution in [0.15, 0.2) is 60.8 Å². The topological polar surface area (TPSA) is 101 Å². The third kappa shape index (κ3) is 3.92. The predicted molar refractivity (Wildman–Crippen MR) is 125 cm³/mol. The van der Waals surface area contributed by atoms with Crippen molar-refractivity contribution >= 4 is 40.4 Å². The minimum absolute atomic E-state index is 0.0297. The van der Waals surface area contributed by atoms with Crippen LogP contribution in [-0.2, 0) is 0 Å². The summed E-state index contributed by atoms with van der Waals surface area (Å²) in [6.07, 6.45) is 1.66. The molecule has 2 aromatic heterocycles. The SMILES string of the molecule is Nc1nc(N2CCN(C(=O)c3ccccc3)CC2)c2nc(-c3ccc(Cl)cc3)cnc2n1. The second-order valence-electron chi connectivity index (χ2n) is 7.49. The maximum atomic E-state index is 12.8. The Kier molecular flexibility index (Phi) is 5.28. The molecule has 4 aromatic rings. The van der Waals surface area contributed by atoms with Gasteiger partial charge in [-0.3, -0.25) is 4.79 Å². The lowest BCUT2D eigenvalue weighted by atomic mass is 10.1. The molecule has 32 heavy (non-hydrogen) atoms. The fourth-order valence-corrected chi connectivity index (χ4v) is 3.90. The molecular weight excluding hydrogens is 426 g/mol. The number of nitrogens with two attached hydrogens (primary N) is 1. The van der Waals surface area contributed by atoms with Crippen LogP contribution in [0.3, 0.4) is 0 Å². The molecular formula is C23H20ClN7O. The van der Waals surface area contributed by atoms with E-state index in [1.807, 2.05) is 59.5 Å². The number of hydrogen-bond acceptors (Lipinski definition) is 7. The number of carbonyl (C=O) groups is 1. The van der Waals surface area contributed by atoms with E-state index in [-0.39, 0.29) is 11.9 Å². The van der Waals surface area contributed by atoms with Gasteiger partial charge in [0.05, 0.1) is 11.9 Å². The van der Waals surface area contributed by atoms with Gasteiger partial charge in [-0.2, -0.15) is 9.97 Å². The quantitative estimate of drug-likeness (QED) is 0.516. The summed E-state index contributed by atoms with van der Waals surface area (Å²) in [4.78, 5) is 34.7. The molecule has 1 aliphatic rings. The zero-order valence-electron chi connectivity index (χ0n) is 17.1. The number of aromatic nitrogens is 4. The minimum atomic E-state index is 0.0297. The van der Waals surface area contributed by atoms with Gasteiger partial charge in [0.1, 0.15) is 0 Å². The van der Waals surface area contributed by atoms with Crippen molar-refractivity contribution in [1.82, 2.24) is 24.8 Å². The molecule has 8 nitrogen and oxygen atoms in total. The number of hydrogen-bond donors (Lipinski definition) is 1. The molecule has 0 aliphatic carbocycles. The van der Waals surface area contributed by atoms with Crippen molar-refractivity contribution in [2.75, 3.05) is 36.8 Å². The fourth-order valence-electron chi connectivity index (χ4n) is 3.77. The smallest absolute Gasteiger partial charge is 0.253 e. The fraction of sp³-hybridized carbons (Fsp3) is 0.174. The van der Waals surface area contributed by atoms with Crippen LogP contribution >= 0.6 is 11.6 Å². The zero-order chi connectivity index (χ0) is 22.1. The highest BCUT2D eigenvalue weighted by Gasteiger charge is 2.25. The average Bonchev–Trinajstić information content (AvgIpc) is 2.84. The van der Waals surface area contributed by atoms with Crippen LogP contribution in [0.5, 0.6) is 0 Å². The number of amides is 1. The Labute approximate surface area is 189 Å². The van der Waals surface area contributed by atoms with Crippen molar-refractivity contribution in [2.45, 2.75) is 0 Å². The first-order chi connectivity index (χ1) is 15.6. The van der Waals surface area contributed by atoms with E-state index < -0.39 is 0 Å². The van der Waals surface area contributed by atoms with E-state index in [4.69, 9.17) is 22.3 Å². The molecule has 2 aromatic carbocycles. The number of rotatable bonds is 3. The summed E-state index contributed by atoms with van der Waals surface area (Å²) in [5.74, 6) is 0.800. The number of anilines is 2. The summed E-state index contributed by atoms with van der Waals surface area (Å²) in [7, 11) is 0. The molecule has 1 aliphatic heterocycles. The van der Waals surface area contributed by atoms with Gasteiger partial charge < -0.3 is 15.5 Å². The van der Waals surface area contributed by atoms with Crippen LogP contribution in [0, 0.1) is 0 Å². The highest BCUT2D eigenvalue weighted by atomic mass is 35.5. The molecule has 5 rings (SSSR count). The first-order valence-corrected chi connectivity index (χ1v) is 10.6. The Hall–Kier alpha value is -3.78. The summed E-state index contributed by atoms with van der Waals surface area (Å²) in [5.41, 5.74) is 9.25. The van der Waals surface area contributed by atoms with Crippen molar-refractivity contribution in [2.24, 2.45) is 0 Å². The number of benzene rings is 2. The van der Waals surface area contributed by atoms with Gasteiger partial charge in [0.15, 0.2) is 17.0 Å². The van der Waals surface area contributed by atoms with Gasteiger partial charge in [0.25, 0.3) is 5.91 Å². The molecule has 0 spiro atoms. The van der Waals surface area contributed by atoms with Crippen LogP contribution in [-0.4, -0.2) is 56.9 Å². The van der Waals surface area contributed by atoms with Crippen LogP contribution in [0.2, 0.25) is 5.02 Å². The Morgan fingerprint density at radius 3 is 2.34 bits per heavy atom. The van der Waals surface area contributed by atoms with Gasteiger partial charge in [0, 0.05) is 42.3 Å². The molecule has 1 amide bonds. The maximum absolute atomic E-state index is 12.8. The van der Waals surface area contributed by atoms with Gasteiger partial charge in [-0.15, -0.1) is 0 Å². The molecule has 0 bridgehead atoms. The molecule has 2 N–H and O–H groups in total. The number of fused-ring (bicyclic) bond motifs is 1. The number of piperazine rings is 1. The summed E-state index contributed by atoms with van der Waals surface area (Å²) in [6, 6.07) is 16.7. The highest BCUT2D eigenvalue weighted by molar-refractivity contribution is 6.30. The maximum Gasteiger partial charge on any atom is 0.253 e. The molecule has 3 heterocycles. The lowest BCUT2D eigenvalue weighted by Crippen LogP contribution is -2.49. The van der Waals surface area contributed by atoms with Gasteiger partial charge in [-0.05, 0) is 24.3 Å². The van der Waals surface area contributed by atoms with Crippen molar-refractivity contribution in [3.8, 4) is 11.3 Å². The van der Waals surface area contributed by atoms with E-state index in [2.05, 4.69) is 19.9 Å². The van der Waals surface area contributed by atoms with E-state index >= 15 is 0 Å². The average molecular weight is 446 g/mol. The lowest BCUT2D eigenvalue weighted by molar-refractivity contribution is 0.0746. The Balaban J connectivity index is 1.43. The van der Waals surface area contributed by atoms with Crippen molar-refractivity contribution in [3.63, 3.8) is 0 Å². The van der Waals surface area contributed by atoms with Gasteiger partial charge >= 0.3 is 0 Å². The van der Waals surface area contributed by atoms with E-state index in [0.717, 1.165) is 5.56 Å². The van der Waals surface area contributed by atoms with E-state index in [9.17, 15) is 4.79 Å². The summed E-state index contributed by atoms with van der Waals surface area (Å²) >= 11 is 6.01. The molecule has 0 unspecified atom stereocenters. The molecule has 0 atom stereocenters. The Morgan fingerprint density at radius 2 is 1.62 bits per heavy atom. The standard InChI is InChI=1S/C23H20ClN7O/c24-17-8-6-15(7-9-17)18-14-26-20-19(27-18)21(29-23(25)28-20)30-10-12-31(13-11-30)22(32)16-4-2-1-3-5-16/h1-9,14H,10-13H2,(H2,25,26,28,29). The number of nitrogen functional groups attached to an aromatic ring is 1. The third-order valence-corrected chi connectivity index (χ3v) is 5.69. The summed E-state index contributed by atoms with van der Waals surface area (Å²) < 4.78 is 0. The highest BCUT2D eigenvalue weighted by Crippen LogP contribution is 2.27. The van der Waals surface area contributed by atoms with Gasteiger partial charge in [-0.1, -0.05) is 41.9 Å². The molecule has 160 valence electrons. The first-order valence-electron chi connectivity index (χ1n) is 10.2. The second-order valence-corrected chi connectivity index (χ2v) is 7.92. The molecule has 0 radical (unpaired) electrons. The molecule has 9 heteroatoms. The van der Waals surface area contributed by atoms with Crippen LogP contribution < -0.4 is 10.6 Å². The summed E-state index contributed by atoms with van der Waals surface area (Å²) in [6.45, 7) is 2.36. The number of carbonyl (C=O) groups excluding carboxylic acids is 1. The van der Waals surface area contributed by atoms with Crippen molar-refractivity contribution in [1.29, 1.82) is 0 Å². The predicted octanol–water partition coefficient (Wildman–Crippen LogP) is 3.28. The minimum Gasteiger partial charge on any atom is -0.368 e. The molecule has 1 fully saturated rings. The molecule has 0 saturated carbocycles. The second kappa shape index (κ2) is 8.39. The zero-order valence-corrected chi connectivity index (χ0v) is 17.9. The monoisotopic (exact) mass is 445 g/mol. The number of halogens is 1. The van der Waals surface area contributed by atoms with Crippen LogP contribution in [0.25, 0.3) is 22.4 Å². The van der Waals surface area contributed by atoms with E-state index in [1.165, 1.54) is 0 Å². The van der Waals surface area contributed by atoms with Crippen molar-refractivity contribution in [3.05, 3.63) is 71.4 Å². The Bertz CT molecular complexity index is 1270. The van der Waals surface area contributed by atoms with Crippen LogP contribution in [0.1, 0.15) is 10.4 Å². The van der Waals surface area contributed by atoms with E-state index in [1.54, 1.807) is 6.20 Å². The third-order valence-electron chi connectivity index (χ3n) is 5.43. The largest absolute Gasteiger partial charge is 0.368 e. The summed E-state index contributed by atoms with van der Waals surface area (Å²) in [5, 5.41) is 0.655. The van der Waals surface area contributed by atoms with Gasteiger partial charge in [0.2, 0.25) is 5.95 Å². The van der Waals surface area contributed by atoms with Crippen LogP contribution in [0.4, 0.5) is 11.8 Å². The normalized spacial score (nSPS) is 14.0. The van der Waals surface area contributed by atoms with Crippen molar-refractivity contribution < 1.29 is 4.79 Å². The first kappa shape index (κ1) is 20.1. The lowest BCUT2D eigenvalue weighted by Gasteiger charge is -2.35. The number of nitrogens with zero attached hydrogens (tertiary/aromatic N) is 6. The van der Waals surface area contributed by atoms with Gasteiger partial charge in [-0.25, -0.2) is 9.97 Å². The Morgan fingerprint density at radius 1 is 0.906 bits per heavy atom.